The Bertz CT molecular complexity index is 413. The van der Waals surface area contributed by atoms with E-state index in [4.69, 9.17) is 4.74 Å². The minimum Gasteiger partial charge on any atom is -0.494 e. The van der Waals surface area contributed by atoms with Gasteiger partial charge in [0.05, 0.1) is 13.2 Å². The second-order valence-corrected chi connectivity index (χ2v) is 5.70. The van der Waals surface area contributed by atoms with Gasteiger partial charge in [-0.15, -0.1) is 0 Å². The summed E-state index contributed by atoms with van der Waals surface area (Å²) in [7, 11) is 1.89. The molecule has 3 heteroatoms. The average molecular weight is 263 g/mol. The zero-order valence-corrected chi connectivity index (χ0v) is 12.0. The van der Waals surface area contributed by atoms with Gasteiger partial charge in [-0.2, -0.15) is 0 Å². The van der Waals surface area contributed by atoms with E-state index in [1.54, 1.807) is 0 Å². The third kappa shape index (κ3) is 3.71. The number of ether oxygens (including phenoxy) is 1. The van der Waals surface area contributed by atoms with Gasteiger partial charge in [-0.1, -0.05) is 6.07 Å². The summed E-state index contributed by atoms with van der Waals surface area (Å²) in [5.74, 6) is 0.982. The first-order chi connectivity index (χ1) is 9.17. The molecule has 0 saturated carbocycles. The summed E-state index contributed by atoms with van der Waals surface area (Å²) in [6, 6.07) is 6.46. The lowest BCUT2D eigenvalue weighted by Gasteiger charge is -2.26. The summed E-state index contributed by atoms with van der Waals surface area (Å²) in [6.07, 6.45) is 5.53. The van der Waals surface area contributed by atoms with E-state index in [0.29, 0.717) is 6.61 Å². The normalized spacial score (nSPS) is 17.0. The second-order valence-electron chi connectivity index (χ2n) is 5.70. The Balaban J connectivity index is 1.77. The number of aliphatic hydroxyl groups is 1. The highest BCUT2D eigenvalue weighted by atomic mass is 16.5. The Morgan fingerprint density at radius 2 is 2.11 bits per heavy atom. The summed E-state index contributed by atoms with van der Waals surface area (Å²) in [5.41, 5.74) is 2.74. The molecule has 1 aliphatic rings. The smallest absolute Gasteiger partial charge is 0.119 e. The molecule has 0 heterocycles. The van der Waals surface area contributed by atoms with Crippen LogP contribution in [0.1, 0.15) is 37.3 Å². The predicted molar refractivity (Wildman–Crippen MR) is 77.7 cm³/mol. The van der Waals surface area contributed by atoms with Gasteiger partial charge in [0, 0.05) is 5.54 Å². The Kier molecular flexibility index (Phi) is 4.83. The summed E-state index contributed by atoms with van der Waals surface area (Å²) >= 11 is 0. The number of aliphatic hydroxyl groups excluding tert-OH is 1. The fraction of sp³-hybridized carbons (Fsp3) is 0.625. The molecule has 0 fully saturated rings. The van der Waals surface area contributed by atoms with Gasteiger partial charge in [0.25, 0.3) is 0 Å². The van der Waals surface area contributed by atoms with Crippen LogP contribution in [0, 0.1) is 0 Å². The summed E-state index contributed by atoms with van der Waals surface area (Å²) in [4.78, 5) is 0. The van der Waals surface area contributed by atoms with E-state index in [2.05, 4.69) is 23.5 Å². The van der Waals surface area contributed by atoms with Gasteiger partial charge < -0.3 is 15.2 Å². The molecule has 1 aromatic rings. The number of rotatable bonds is 7. The topological polar surface area (TPSA) is 41.5 Å². The molecule has 0 bridgehead atoms. The first-order valence-electron chi connectivity index (χ1n) is 7.21. The Morgan fingerprint density at radius 1 is 1.32 bits per heavy atom. The minimum atomic E-state index is -0.193. The van der Waals surface area contributed by atoms with Crippen molar-refractivity contribution < 1.29 is 9.84 Å². The van der Waals surface area contributed by atoms with Crippen LogP contribution in [0.2, 0.25) is 0 Å². The van der Waals surface area contributed by atoms with Gasteiger partial charge in [0.15, 0.2) is 0 Å². The second kappa shape index (κ2) is 6.40. The maximum Gasteiger partial charge on any atom is 0.119 e. The molecular weight excluding hydrogens is 238 g/mol. The van der Waals surface area contributed by atoms with Crippen LogP contribution < -0.4 is 10.1 Å². The van der Waals surface area contributed by atoms with Crippen LogP contribution in [-0.2, 0) is 12.8 Å². The maximum absolute atomic E-state index is 9.30. The van der Waals surface area contributed by atoms with Crippen molar-refractivity contribution in [2.75, 3.05) is 20.3 Å². The van der Waals surface area contributed by atoms with Gasteiger partial charge in [0.2, 0.25) is 0 Å². The van der Waals surface area contributed by atoms with Gasteiger partial charge >= 0.3 is 0 Å². The van der Waals surface area contributed by atoms with Crippen molar-refractivity contribution in [3.63, 3.8) is 0 Å². The van der Waals surface area contributed by atoms with Crippen LogP contribution >= 0.6 is 0 Å². The Labute approximate surface area is 116 Å². The molecule has 1 aromatic carbocycles. The van der Waals surface area contributed by atoms with Crippen molar-refractivity contribution >= 4 is 0 Å². The van der Waals surface area contributed by atoms with Crippen LogP contribution in [0.3, 0.4) is 0 Å². The highest BCUT2D eigenvalue weighted by molar-refractivity contribution is 5.38. The van der Waals surface area contributed by atoms with E-state index < -0.39 is 0 Å². The van der Waals surface area contributed by atoms with Crippen molar-refractivity contribution in [2.24, 2.45) is 0 Å². The molecule has 106 valence electrons. The van der Waals surface area contributed by atoms with Crippen molar-refractivity contribution in [1.82, 2.24) is 5.32 Å². The molecule has 0 spiro atoms. The van der Waals surface area contributed by atoms with Crippen molar-refractivity contribution in [1.29, 1.82) is 0 Å². The fourth-order valence-corrected chi connectivity index (χ4v) is 2.57. The fourth-order valence-electron chi connectivity index (χ4n) is 2.57. The molecule has 2 rings (SSSR count). The molecule has 1 unspecified atom stereocenters. The summed E-state index contributed by atoms with van der Waals surface area (Å²) in [6.45, 7) is 2.89. The zero-order chi connectivity index (χ0) is 13.7. The molecule has 0 saturated heterocycles. The van der Waals surface area contributed by atoms with E-state index in [1.807, 2.05) is 14.0 Å². The number of hydrogen-bond donors (Lipinski definition) is 2. The standard InChI is InChI=1S/C16H25NO2/c1-16(12-18,17-2)9-4-10-19-15-8-7-13-5-3-6-14(13)11-15/h7-8,11,17-18H,3-6,9-10,12H2,1-2H3. The third-order valence-corrected chi connectivity index (χ3v) is 4.16. The largest absolute Gasteiger partial charge is 0.494 e. The van der Waals surface area contributed by atoms with Crippen LogP contribution in [0.4, 0.5) is 0 Å². The van der Waals surface area contributed by atoms with Crippen molar-refractivity contribution in [3.05, 3.63) is 29.3 Å². The van der Waals surface area contributed by atoms with Crippen LogP contribution in [0.5, 0.6) is 5.75 Å². The van der Waals surface area contributed by atoms with E-state index >= 15 is 0 Å². The highest BCUT2D eigenvalue weighted by Crippen LogP contribution is 2.26. The SMILES string of the molecule is CNC(C)(CO)CCCOc1ccc2c(c1)CCC2. The highest BCUT2D eigenvalue weighted by Gasteiger charge is 2.19. The molecule has 0 amide bonds. The van der Waals surface area contributed by atoms with E-state index in [9.17, 15) is 5.11 Å². The third-order valence-electron chi connectivity index (χ3n) is 4.16. The number of fused-ring (bicyclic) bond motifs is 1. The van der Waals surface area contributed by atoms with E-state index in [1.165, 1.54) is 30.4 Å². The molecule has 1 atom stereocenters. The first-order valence-corrected chi connectivity index (χ1v) is 7.21. The molecule has 19 heavy (non-hydrogen) atoms. The number of nitrogens with one attached hydrogen (secondary N) is 1. The molecule has 0 aromatic heterocycles. The number of likely N-dealkylation sites (N-methyl/N-ethyl adjacent to an activating group) is 1. The van der Waals surface area contributed by atoms with Crippen LogP contribution in [0.15, 0.2) is 18.2 Å². The Morgan fingerprint density at radius 3 is 2.84 bits per heavy atom. The van der Waals surface area contributed by atoms with Gasteiger partial charge in [0.1, 0.15) is 5.75 Å². The Hall–Kier alpha value is -1.06. The number of aryl methyl sites for hydroxylation is 2. The zero-order valence-electron chi connectivity index (χ0n) is 12.0. The molecule has 2 N–H and O–H groups in total. The van der Waals surface area contributed by atoms with Gasteiger partial charge in [-0.3, -0.25) is 0 Å². The van der Waals surface area contributed by atoms with E-state index in [0.717, 1.165) is 18.6 Å². The molecule has 0 aliphatic heterocycles. The summed E-state index contributed by atoms with van der Waals surface area (Å²) in [5, 5.41) is 12.5. The lowest BCUT2D eigenvalue weighted by atomic mass is 9.97. The quantitative estimate of drug-likeness (QED) is 0.742. The van der Waals surface area contributed by atoms with E-state index in [-0.39, 0.29) is 12.1 Å². The average Bonchev–Trinajstić information content (AvgIpc) is 2.91. The number of benzene rings is 1. The summed E-state index contributed by atoms with van der Waals surface area (Å²) < 4.78 is 5.81. The predicted octanol–water partition coefficient (Wildman–Crippen LogP) is 2.30. The first kappa shape index (κ1) is 14.4. The number of hydrogen-bond acceptors (Lipinski definition) is 3. The van der Waals surface area contributed by atoms with Gasteiger partial charge in [-0.25, -0.2) is 0 Å². The van der Waals surface area contributed by atoms with Crippen molar-refractivity contribution in [3.8, 4) is 5.75 Å². The molecular formula is C16H25NO2. The van der Waals surface area contributed by atoms with Crippen LogP contribution in [0.25, 0.3) is 0 Å². The lowest BCUT2D eigenvalue weighted by Crippen LogP contribution is -2.43. The monoisotopic (exact) mass is 263 g/mol. The van der Waals surface area contributed by atoms with Crippen LogP contribution in [-0.4, -0.2) is 30.9 Å². The lowest BCUT2D eigenvalue weighted by molar-refractivity contribution is 0.163. The molecule has 1 aliphatic carbocycles. The molecule has 0 radical (unpaired) electrons. The maximum atomic E-state index is 9.30. The minimum absolute atomic E-state index is 0.155. The van der Waals surface area contributed by atoms with Gasteiger partial charge in [-0.05, 0) is 69.3 Å². The molecule has 3 nitrogen and oxygen atoms in total. The van der Waals surface area contributed by atoms with Crippen molar-refractivity contribution in [2.45, 2.75) is 44.6 Å².